The summed E-state index contributed by atoms with van der Waals surface area (Å²) in [6, 6.07) is 0.473. The second kappa shape index (κ2) is 3.38. The van der Waals surface area contributed by atoms with Crippen molar-refractivity contribution in [3.63, 3.8) is 0 Å². The van der Waals surface area contributed by atoms with Crippen LogP contribution < -0.4 is 0 Å². The van der Waals surface area contributed by atoms with E-state index in [4.69, 9.17) is 4.42 Å². The minimum atomic E-state index is 0.473. The van der Waals surface area contributed by atoms with Crippen LogP contribution in [0.1, 0.15) is 19.0 Å². The molecule has 0 unspecified atom stereocenters. The molecule has 13 heavy (non-hydrogen) atoms. The molecular weight excluding hydrogens is 168 g/mol. The standard InChI is InChI=1S/C8H10N4O/c1-2-3-7-4-13-8(11-7)12-6-9-5-10-12/h4-6H,2-3H2,1H3. The van der Waals surface area contributed by atoms with Crippen LogP contribution in [0.25, 0.3) is 6.01 Å². The van der Waals surface area contributed by atoms with Crippen molar-refractivity contribution in [3.8, 4) is 6.01 Å². The highest BCUT2D eigenvalue weighted by Gasteiger charge is 2.04. The average molecular weight is 178 g/mol. The molecule has 2 heterocycles. The van der Waals surface area contributed by atoms with Crippen molar-refractivity contribution in [1.82, 2.24) is 19.7 Å². The number of aromatic nitrogens is 4. The van der Waals surface area contributed by atoms with Crippen LogP contribution in [0.15, 0.2) is 23.3 Å². The molecule has 5 heteroatoms. The summed E-state index contributed by atoms with van der Waals surface area (Å²) in [6.45, 7) is 2.10. The Bertz CT molecular complexity index is 365. The van der Waals surface area contributed by atoms with E-state index in [0.29, 0.717) is 6.01 Å². The maximum Gasteiger partial charge on any atom is 0.324 e. The van der Waals surface area contributed by atoms with Crippen molar-refractivity contribution in [2.75, 3.05) is 0 Å². The van der Waals surface area contributed by atoms with Gasteiger partial charge in [0, 0.05) is 0 Å². The van der Waals surface area contributed by atoms with E-state index in [1.165, 1.54) is 11.0 Å². The lowest BCUT2D eigenvalue weighted by Gasteiger charge is -1.89. The van der Waals surface area contributed by atoms with Crippen LogP contribution in [-0.4, -0.2) is 19.7 Å². The van der Waals surface area contributed by atoms with Crippen molar-refractivity contribution in [3.05, 3.63) is 24.6 Å². The van der Waals surface area contributed by atoms with Crippen LogP contribution in [0.5, 0.6) is 0 Å². The second-order valence-corrected chi connectivity index (χ2v) is 2.71. The second-order valence-electron chi connectivity index (χ2n) is 2.71. The van der Waals surface area contributed by atoms with Gasteiger partial charge in [-0.25, -0.2) is 4.98 Å². The summed E-state index contributed by atoms with van der Waals surface area (Å²) in [4.78, 5) is 8.04. The molecule has 0 N–H and O–H groups in total. The topological polar surface area (TPSA) is 56.7 Å². The number of nitrogens with zero attached hydrogens (tertiary/aromatic N) is 4. The van der Waals surface area contributed by atoms with Crippen molar-refractivity contribution < 1.29 is 4.42 Å². The van der Waals surface area contributed by atoms with Crippen molar-refractivity contribution in [2.24, 2.45) is 0 Å². The fraction of sp³-hybridized carbons (Fsp3) is 0.375. The molecule has 0 aromatic carbocycles. The van der Waals surface area contributed by atoms with Gasteiger partial charge in [0.05, 0.1) is 5.69 Å². The van der Waals surface area contributed by atoms with Gasteiger partial charge in [-0.15, -0.1) is 0 Å². The number of rotatable bonds is 3. The first-order valence-corrected chi connectivity index (χ1v) is 4.19. The highest BCUT2D eigenvalue weighted by Crippen LogP contribution is 2.07. The Hall–Kier alpha value is -1.65. The zero-order chi connectivity index (χ0) is 9.10. The van der Waals surface area contributed by atoms with Gasteiger partial charge in [-0.05, 0) is 6.42 Å². The van der Waals surface area contributed by atoms with Crippen LogP contribution in [0.2, 0.25) is 0 Å². The Balaban J connectivity index is 2.23. The molecule has 0 atom stereocenters. The number of aryl methyl sites for hydroxylation is 1. The molecule has 2 aromatic rings. The van der Waals surface area contributed by atoms with Gasteiger partial charge in [-0.2, -0.15) is 14.8 Å². The van der Waals surface area contributed by atoms with E-state index >= 15 is 0 Å². The Morgan fingerprint density at radius 1 is 1.54 bits per heavy atom. The van der Waals surface area contributed by atoms with Crippen molar-refractivity contribution in [1.29, 1.82) is 0 Å². The number of oxazole rings is 1. The molecule has 2 aromatic heterocycles. The van der Waals surface area contributed by atoms with Crippen molar-refractivity contribution in [2.45, 2.75) is 19.8 Å². The molecule has 0 bridgehead atoms. The first kappa shape index (κ1) is 7.97. The lowest BCUT2D eigenvalue weighted by Crippen LogP contribution is -1.94. The molecule has 0 aliphatic carbocycles. The molecule has 0 aliphatic heterocycles. The lowest BCUT2D eigenvalue weighted by molar-refractivity contribution is 0.509. The van der Waals surface area contributed by atoms with E-state index in [-0.39, 0.29) is 0 Å². The zero-order valence-corrected chi connectivity index (χ0v) is 7.34. The smallest absolute Gasteiger partial charge is 0.324 e. The summed E-state index contributed by atoms with van der Waals surface area (Å²) in [5.74, 6) is 0. The Labute approximate surface area is 75.4 Å². The summed E-state index contributed by atoms with van der Waals surface area (Å²) in [5, 5.41) is 3.91. The third-order valence-electron chi connectivity index (χ3n) is 1.66. The molecule has 0 fully saturated rings. The summed E-state index contributed by atoms with van der Waals surface area (Å²) < 4.78 is 6.71. The fourth-order valence-electron chi connectivity index (χ4n) is 1.08. The Morgan fingerprint density at radius 3 is 3.15 bits per heavy atom. The quantitative estimate of drug-likeness (QED) is 0.708. The summed E-state index contributed by atoms with van der Waals surface area (Å²) in [7, 11) is 0. The van der Waals surface area contributed by atoms with Crippen LogP contribution in [-0.2, 0) is 6.42 Å². The molecule has 0 saturated heterocycles. The molecule has 0 radical (unpaired) electrons. The first-order valence-electron chi connectivity index (χ1n) is 4.19. The maximum absolute atomic E-state index is 5.21. The van der Waals surface area contributed by atoms with Gasteiger partial charge in [0.2, 0.25) is 0 Å². The van der Waals surface area contributed by atoms with Crippen molar-refractivity contribution >= 4 is 0 Å². The Kier molecular flexibility index (Phi) is 2.08. The largest absolute Gasteiger partial charge is 0.430 e. The van der Waals surface area contributed by atoms with Gasteiger partial charge < -0.3 is 4.42 Å². The summed E-state index contributed by atoms with van der Waals surface area (Å²) in [6.07, 6.45) is 6.65. The molecule has 0 amide bonds. The van der Waals surface area contributed by atoms with Crippen LogP contribution in [0.3, 0.4) is 0 Å². The maximum atomic E-state index is 5.21. The molecule has 0 saturated carbocycles. The van der Waals surface area contributed by atoms with Crippen LogP contribution in [0.4, 0.5) is 0 Å². The third kappa shape index (κ3) is 1.58. The lowest BCUT2D eigenvalue weighted by atomic mass is 10.3. The highest BCUT2D eigenvalue weighted by atomic mass is 16.4. The van der Waals surface area contributed by atoms with E-state index in [1.54, 1.807) is 12.6 Å². The highest BCUT2D eigenvalue weighted by molar-refractivity contribution is 5.07. The fourth-order valence-corrected chi connectivity index (χ4v) is 1.08. The van der Waals surface area contributed by atoms with Gasteiger partial charge in [-0.1, -0.05) is 13.3 Å². The van der Waals surface area contributed by atoms with Crippen LogP contribution in [0, 0.1) is 0 Å². The SMILES string of the molecule is CCCc1coc(-n2cncn2)n1. The number of hydrogen-bond acceptors (Lipinski definition) is 4. The van der Waals surface area contributed by atoms with Crippen LogP contribution >= 0.6 is 0 Å². The summed E-state index contributed by atoms with van der Waals surface area (Å²) >= 11 is 0. The molecule has 5 nitrogen and oxygen atoms in total. The first-order chi connectivity index (χ1) is 6.40. The zero-order valence-electron chi connectivity index (χ0n) is 7.34. The molecule has 68 valence electrons. The molecule has 0 aliphatic rings. The van der Waals surface area contributed by atoms with Gasteiger partial charge in [0.15, 0.2) is 0 Å². The normalized spacial score (nSPS) is 10.5. The minimum Gasteiger partial charge on any atom is -0.430 e. The van der Waals surface area contributed by atoms with Gasteiger partial charge in [0.25, 0.3) is 0 Å². The average Bonchev–Trinajstić information content (AvgIpc) is 2.70. The Morgan fingerprint density at radius 2 is 2.46 bits per heavy atom. The predicted octanol–water partition coefficient (Wildman–Crippen LogP) is 1.21. The third-order valence-corrected chi connectivity index (χ3v) is 1.66. The monoisotopic (exact) mass is 178 g/mol. The predicted molar refractivity (Wildman–Crippen MR) is 45.4 cm³/mol. The van der Waals surface area contributed by atoms with Gasteiger partial charge >= 0.3 is 6.01 Å². The molecule has 0 spiro atoms. The summed E-state index contributed by atoms with van der Waals surface area (Å²) in [5.41, 5.74) is 0.952. The molecular formula is C8H10N4O. The van der Waals surface area contributed by atoms with E-state index in [0.717, 1.165) is 18.5 Å². The minimum absolute atomic E-state index is 0.473. The van der Waals surface area contributed by atoms with Gasteiger partial charge in [-0.3, -0.25) is 0 Å². The van der Waals surface area contributed by atoms with E-state index in [9.17, 15) is 0 Å². The van der Waals surface area contributed by atoms with Gasteiger partial charge in [0.1, 0.15) is 18.9 Å². The van der Waals surface area contributed by atoms with E-state index < -0.39 is 0 Å². The molecule has 2 rings (SSSR count). The van der Waals surface area contributed by atoms with E-state index in [2.05, 4.69) is 22.0 Å². The van der Waals surface area contributed by atoms with E-state index in [1.807, 2.05) is 0 Å². The number of hydrogen-bond donors (Lipinski definition) is 0.